The second-order valence-electron chi connectivity index (χ2n) is 6.03. The Balaban J connectivity index is 1.85. The van der Waals surface area contributed by atoms with E-state index in [9.17, 15) is 0 Å². The SMILES string of the molecule is CC(C)(C)c1cccc(OCCNc2ccccc2Br)c1. The average molecular weight is 348 g/mol. The summed E-state index contributed by atoms with van der Waals surface area (Å²) in [6.45, 7) is 8.03. The van der Waals surface area contributed by atoms with E-state index in [-0.39, 0.29) is 5.41 Å². The third-order valence-electron chi connectivity index (χ3n) is 3.26. The van der Waals surface area contributed by atoms with E-state index in [4.69, 9.17) is 4.74 Å². The molecule has 0 saturated heterocycles. The van der Waals surface area contributed by atoms with Crippen LogP contribution in [-0.2, 0) is 5.41 Å². The van der Waals surface area contributed by atoms with Gasteiger partial charge in [0.15, 0.2) is 0 Å². The lowest BCUT2D eigenvalue weighted by atomic mass is 9.87. The van der Waals surface area contributed by atoms with Crippen LogP contribution in [0.4, 0.5) is 5.69 Å². The molecular formula is C18H22BrNO. The molecule has 0 bridgehead atoms. The summed E-state index contributed by atoms with van der Waals surface area (Å²) in [4.78, 5) is 0. The first-order chi connectivity index (χ1) is 9.97. The summed E-state index contributed by atoms with van der Waals surface area (Å²) >= 11 is 3.52. The fourth-order valence-electron chi connectivity index (χ4n) is 2.01. The Morgan fingerprint density at radius 3 is 2.52 bits per heavy atom. The van der Waals surface area contributed by atoms with Crippen LogP contribution in [0.3, 0.4) is 0 Å². The Morgan fingerprint density at radius 1 is 1.05 bits per heavy atom. The molecule has 0 radical (unpaired) electrons. The molecule has 2 rings (SSSR count). The second-order valence-corrected chi connectivity index (χ2v) is 6.89. The lowest BCUT2D eigenvalue weighted by Crippen LogP contribution is -2.13. The fourth-order valence-corrected chi connectivity index (χ4v) is 2.44. The monoisotopic (exact) mass is 347 g/mol. The molecular weight excluding hydrogens is 326 g/mol. The molecule has 0 fully saturated rings. The molecule has 2 nitrogen and oxygen atoms in total. The minimum Gasteiger partial charge on any atom is -0.492 e. The van der Waals surface area contributed by atoms with Crippen molar-refractivity contribution in [3.05, 3.63) is 58.6 Å². The molecule has 2 aromatic rings. The zero-order valence-corrected chi connectivity index (χ0v) is 14.4. The smallest absolute Gasteiger partial charge is 0.119 e. The molecule has 112 valence electrons. The van der Waals surface area contributed by atoms with Crippen LogP contribution in [0.5, 0.6) is 5.75 Å². The number of rotatable bonds is 5. The van der Waals surface area contributed by atoms with Crippen molar-refractivity contribution in [2.75, 3.05) is 18.5 Å². The highest BCUT2D eigenvalue weighted by atomic mass is 79.9. The summed E-state index contributed by atoms with van der Waals surface area (Å²) < 4.78 is 6.89. The number of ether oxygens (including phenoxy) is 1. The first-order valence-corrected chi connectivity index (χ1v) is 7.98. The van der Waals surface area contributed by atoms with Gasteiger partial charge in [-0.2, -0.15) is 0 Å². The summed E-state index contributed by atoms with van der Waals surface area (Å²) in [5, 5.41) is 3.36. The van der Waals surface area contributed by atoms with Crippen LogP contribution < -0.4 is 10.1 Å². The zero-order valence-electron chi connectivity index (χ0n) is 12.8. The van der Waals surface area contributed by atoms with Crippen molar-refractivity contribution in [3.63, 3.8) is 0 Å². The number of para-hydroxylation sites is 1. The average Bonchev–Trinajstić information content (AvgIpc) is 2.45. The largest absolute Gasteiger partial charge is 0.492 e. The Hall–Kier alpha value is -1.48. The van der Waals surface area contributed by atoms with E-state index in [1.807, 2.05) is 30.3 Å². The molecule has 2 aromatic carbocycles. The van der Waals surface area contributed by atoms with Gasteiger partial charge in [0.25, 0.3) is 0 Å². The van der Waals surface area contributed by atoms with Crippen LogP contribution in [0.2, 0.25) is 0 Å². The molecule has 0 aliphatic heterocycles. The maximum Gasteiger partial charge on any atom is 0.119 e. The minimum absolute atomic E-state index is 0.145. The molecule has 0 saturated carbocycles. The molecule has 0 heterocycles. The normalized spacial score (nSPS) is 11.2. The van der Waals surface area contributed by atoms with Gasteiger partial charge < -0.3 is 10.1 Å². The Kier molecular flexibility index (Phi) is 5.29. The molecule has 21 heavy (non-hydrogen) atoms. The van der Waals surface area contributed by atoms with Gasteiger partial charge in [-0.15, -0.1) is 0 Å². The number of anilines is 1. The van der Waals surface area contributed by atoms with Crippen molar-refractivity contribution in [3.8, 4) is 5.75 Å². The second kappa shape index (κ2) is 6.99. The summed E-state index contributed by atoms with van der Waals surface area (Å²) in [7, 11) is 0. The maximum atomic E-state index is 5.83. The maximum absolute atomic E-state index is 5.83. The molecule has 0 aliphatic rings. The van der Waals surface area contributed by atoms with Crippen LogP contribution in [-0.4, -0.2) is 13.2 Å². The van der Waals surface area contributed by atoms with Crippen LogP contribution >= 0.6 is 15.9 Å². The number of benzene rings is 2. The Bertz CT molecular complexity index is 590. The zero-order chi connectivity index (χ0) is 15.3. The van der Waals surface area contributed by atoms with E-state index >= 15 is 0 Å². The number of nitrogens with one attached hydrogen (secondary N) is 1. The van der Waals surface area contributed by atoms with Crippen molar-refractivity contribution < 1.29 is 4.74 Å². The minimum atomic E-state index is 0.145. The van der Waals surface area contributed by atoms with Crippen molar-refractivity contribution in [2.45, 2.75) is 26.2 Å². The molecule has 0 amide bonds. The Morgan fingerprint density at radius 2 is 1.81 bits per heavy atom. The molecule has 3 heteroatoms. The summed E-state index contributed by atoms with van der Waals surface area (Å²) in [5.41, 5.74) is 2.52. The van der Waals surface area contributed by atoms with E-state index in [2.05, 4.69) is 60.2 Å². The van der Waals surface area contributed by atoms with Gasteiger partial charge in [0.1, 0.15) is 12.4 Å². The van der Waals surface area contributed by atoms with Gasteiger partial charge in [0, 0.05) is 16.7 Å². The summed E-state index contributed by atoms with van der Waals surface area (Å²) in [5.74, 6) is 0.927. The highest BCUT2D eigenvalue weighted by Gasteiger charge is 2.13. The van der Waals surface area contributed by atoms with Crippen molar-refractivity contribution in [1.82, 2.24) is 0 Å². The predicted octanol–water partition coefficient (Wildman–Crippen LogP) is 5.24. The quantitative estimate of drug-likeness (QED) is 0.747. The first-order valence-electron chi connectivity index (χ1n) is 7.18. The summed E-state index contributed by atoms with van der Waals surface area (Å²) in [6.07, 6.45) is 0. The van der Waals surface area contributed by atoms with E-state index in [1.54, 1.807) is 0 Å². The molecule has 0 spiro atoms. The van der Waals surface area contributed by atoms with E-state index in [0.29, 0.717) is 6.61 Å². The van der Waals surface area contributed by atoms with Crippen LogP contribution in [0.15, 0.2) is 53.0 Å². The van der Waals surface area contributed by atoms with Crippen LogP contribution in [0, 0.1) is 0 Å². The first kappa shape index (κ1) is 15.9. The molecule has 1 N–H and O–H groups in total. The number of hydrogen-bond acceptors (Lipinski definition) is 2. The number of hydrogen-bond donors (Lipinski definition) is 1. The molecule has 0 unspecified atom stereocenters. The predicted molar refractivity (Wildman–Crippen MR) is 93.3 cm³/mol. The van der Waals surface area contributed by atoms with Gasteiger partial charge in [-0.1, -0.05) is 45.0 Å². The highest BCUT2D eigenvalue weighted by molar-refractivity contribution is 9.10. The third kappa shape index (κ3) is 4.78. The van der Waals surface area contributed by atoms with Crippen molar-refractivity contribution in [2.24, 2.45) is 0 Å². The fraction of sp³-hybridized carbons (Fsp3) is 0.333. The third-order valence-corrected chi connectivity index (χ3v) is 3.95. The summed E-state index contributed by atoms with van der Waals surface area (Å²) in [6, 6.07) is 16.4. The van der Waals surface area contributed by atoms with Crippen molar-refractivity contribution in [1.29, 1.82) is 0 Å². The van der Waals surface area contributed by atoms with Crippen LogP contribution in [0.25, 0.3) is 0 Å². The number of halogens is 1. The highest BCUT2D eigenvalue weighted by Crippen LogP contribution is 2.25. The lowest BCUT2D eigenvalue weighted by molar-refractivity contribution is 0.332. The van der Waals surface area contributed by atoms with Gasteiger partial charge >= 0.3 is 0 Å². The lowest BCUT2D eigenvalue weighted by Gasteiger charge is -2.19. The van der Waals surface area contributed by atoms with Gasteiger partial charge in [0.05, 0.1) is 0 Å². The van der Waals surface area contributed by atoms with E-state index in [0.717, 1.165) is 22.5 Å². The standard InChI is InChI=1S/C18H22BrNO/c1-18(2,3)14-7-6-8-15(13-14)21-12-11-20-17-10-5-4-9-16(17)19/h4-10,13,20H,11-12H2,1-3H3. The van der Waals surface area contributed by atoms with E-state index < -0.39 is 0 Å². The molecule has 0 aromatic heterocycles. The molecule has 0 aliphatic carbocycles. The van der Waals surface area contributed by atoms with Crippen LogP contribution in [0.1, 0.15) is 26.3 Å². The Labute approximate surface area is 135 Å². The van der Waals surface area contributed by atoms with Gasteiger partial charge in [-0.3, -0.25) is 0 Å². The topological polar surface area (TPSA) is 21.3 Å². The van der Waals surface area contributed by atoms with Gasteiger partial charge in [-0.05, 0) is 51.2 Å². The van der Waals surface area contributed by atoms with Crippen molar-refractivity contribution >= 4 is 21.6 Å². The van der Waals surface area contributed by atoms with Gasteiger partial charge in [-0.25, -0.2) is 0 Å². The van der Waals surface area contributed by atoms with E-state index in [1.165, 1.54) is 5.56 Å². The molecule has 0 atom stereocenters. The van der Waals surface area contributed by atoms with Gasteiger partial charge in [0.2, 0.25) is 0 Å².